The summed E-state index contributed by atoms with van der Waals surface area (Å²) in [5.74, 6) is -0.159. The van der Waals surface area contributed by atoms with E-state index in [1.165, 1.54) is 0 Å². The number of para-hydroxylation sites is 1. The molecule has 0 saturated carbocycles. The molecule has 1 N–H and O–H groups in total. The Morgan fingerprint density at radius 2 is 2.04 bits per heavy atom. The third-order valence-electron chi connectivity index (χ3n) is 3.53. The molecular formula is C17H16N4O2. The molecule has 1 aromatic carbocycles. The fraction of sp³-hybridized carbons (Fsp3) is 0.176. The van der Waals surface area contributed by atoms with Gasteiger partial charge in [0.05, 0.1) is 5.52 Å². The van der Waals surface area contributed by atoms with E-state index in [2.05, 4.69) is 15.4 Å². The molecule has 6 nitrogen and oxygen atoms in total. The number of fused-ring (bicyclic) bond motifs is 1. The second kappa shape index (κ2) is 6.00. The highest BCUT2D eigenvalue weighted by molar-refractivity contribution is 6.03. The van der Waals surface area contributed by atoms with Crippen molar-refractivity contribution in [2.75, 3.05) is 5.32 Å². The number of amides is 1. The van der Waals surface area contributed by atoms with Crippen molar-refractivity contribution in [1.29, 1.82) is 0 Å². The lowest BCUT2D eigenvalue weighted by atomic mass is 10.2. The van der Waals surface area contributed by atoms with E-state index in [0.717, 1.165) is 5.56 Å². The molecule has 0 aliphatic rings. The summed E-state index contributed by atoms with van der Waals surface area (Å²) < 4.78 is 1.65. The first-order valence-electron chi connectivity index (χ1n) is 7.34. The molecule has 2 aromatic heterocycles. The Labute approximate surface area is 132 Å². The normalized spacial score (nSPS) is 10.7. The first kappa shape index (κ1) is 14.9. The van der Waals surface area contributed by atoms with Crippen LogP contribution in [0, 0.1) is 6.92 Å². The van der Waals surface area contributed by atoms with Crippen LogP contribution in [0.3, 0.4) is 0 Å². The summed E-state index contributed by atoms with van der Waals surface area (Å²) in [5.41, 5.74) is 1.17. The Morgan fingerprint density at radius 3 is 2.78 bits per heavy atom. The molecule has 2 heterocycles. The molecule has 0 aliphatic heterocycles. The lowest BCUT2D eigenvalue weighted by Gasteiger charge is -2.10. The highest BCUT2D eigenvalue weighted by atomic mass is 16.2. The molecule has 0 atom stereocenters. The SMILES string of the molecule is CCn1nc(C(=O)Nc2cc(C)ccn2)c(=O)c2ccccc21. The van der Waals surface area contributed by atoms with Gasteiger partial charge in [0.2, 0.25) is 5.43 Å². The van der Waals surface area contributed by atoms with Gasteiger partial charge in [-0.05, 0) is 43.7 Å². The molecule has 1 amide bonds. The second-order valence-corrected chi connectivity index (χ2v) is 5.18. The fourth-order valence-electron chi connectivity index (χ4n) is 2.41. The standard InChI is InChI=1S/C17H16N4O2/c1-3-21-13-7-5-4-6-12(13)16(22)15(20-21)17(23)19-14-10-11(2)8-9-18-14/h4-10H,3H2,1-2H3,(H,18,19,23). The van der Waals surface area contributed by atoms with E-state index in [-0.39, 0.29) is 11.1 Å². The van der Waals surface area contributed by atoms with E-state index in [9.17, 15) is 9.59 Å². The molecule has 0 aliphatic carbocycles. The Balaban J connectivity index is 2.07. The average Bonchev–Trinajstić information content (AvgIpc) is 2.55. The molecule has 0 spiro atoms. The van der Waals surface area contributed by atoms with Crippen LogP contribution >= 0.6 is 0 Å². The van der Waals surface area contributed by atoms with E-state index in [1.54, 1.807) is 29.1 Å². The van der Waals surface area contributed by atoms with Crippen molar-refractivity contribution in [1.82, 2.24) is 14.8 Å². The third kappa shape index (κ3) is 2.83. The van der Waals surface area contributed by atoms with Crippen LogP contribution in [-0.2, 0) is 6.54 Å². The monoisotopic (exact) mass is 308 g/mol. The van der Waals surface area contributed by atoms with E-state index in [1.807, 2.05) is 32.0 Å². The summed E-state index contributed by atoms with van der Waals surface area (Å²) in [4.78, 5) is 29.0. The van der Waals surface area contributed by atoms with E-state index >= 15 is 0 Å². The zero-order chi connectivity index (χ0) is 16.4. The minimum atomic E-state index is -0.555. The van der Waals surface area contributed by atoms with Gasteiger partial charge >= 0.3 is 0 Å². The molecule has 0 bridgehead atoms. The molecule has 116 valence electrons. The van der Waals surface area contributed by atoms with Gasteiger partial charge in [-0.3, -0.25) is 14.3 Å². The summed E-state index contributed by atoms with van der Waals surface area (Å²) in [7, 11) is 0. The Morgan fingerprint density at radius 1 is 1.26 bits per heavy atom. The largest absolute Gasteiger partial charge is 0.305 e. The maximum Gasteiger partial charge on any atom is 0.281 e. The molecule has 3 aromatic rings. The van der Waals surface area contributed by atoms with Gasteiger partial charge < -0.3 is 5.32 Å². The number of benzene rings is 1. The van der Waals surface area contributed by atoms with Gasteiger partial charge in [0, 0.05) is 18.1 Å². The van der Waals surface area contributed by atoms with Crippen LogP contribution in [0.25, 0.3) is 10.9 Å². The number of nitrogens with zero attached hydrogens (tertiary/aromatic N) is 3. The highest BCUT2D eigenvalue weighted by Gasteiger charge is 2.17. The van der Waals surface area contributed by atoms with Crippen molar-refractivity contribution >= 4 is 22.6 Å². The number of nitrogens with one attached hydrogen (secondary N) is 1. The van der Waals surface area contributed by atoms with Crippen molar-refractivity contribution in [3.8, 4) is 0 Å². The van der Waals surface area contributed by atoms with Crippen molar-refractivity contribution in [3.63, 3.8) is 0 Å². The van der Waals surface area contributed by atoms with Crippen molar-refractivity contribution in [3.05, 3.63) is 64.1 Å². The maximum atomic E-state index is 12.5. The number of aromatic nitrogens is 3. The molecule has 0 unspecified atom stereocenters. The summed E-state index contributed by atoms with van der Waals surface area (Å²) in [6, 6.07) is 10.7. The lowest BCUT2D eigenvalue weighted by Crippen LogP contribution is -2.27. The number of hydrogen-bond acceptors (Lipinski definition) is 4. The zero-order valence-corrected chi connectivity index (χ0v) is 12.9. The predicted molar refractivity (Wildman–Crippen MR) is 88.6 cm³/mol. The fourth-order valence-corrected chi connectivity index (χ4v) is 2.41. The van der Waals surface area contributed by atoms with Crippen molar-refractivity contribution in [2.45, 2.75) is 20.4 Å². The predicted octanol–water partition coefficient (Wildman–Crippen LogP) is 2.37. The third-order valence-corrected chi connectivity index (χ3v) is 3.53. The minimum Gasteiger partial charge on any atom is -0.305 e. The number of hydrogen-bond donors (Lipinski definition) is 1. The number of rotatable bonds is 3. The Bertz CT molecular complexity index is 947. The number of carbonyl (C=O) groups is 1. The van der Waals surface area contributed by atoms with Crippen LogP contribution in [0.2, 0.25) is 0 Å². The van der Waals surface area contributed by atoms with Crippen LogP contribution < -0.4 is 10.7 Å². The van der Waals surface area contributed by atoms with E-state index in [4.69, 9.17) is 0 Å². The summed E-state index contributed by atoms with van der Waals surface area (Å²) in [6.45, 7) is 4.37. The highest BCUT2D eigenvalue weighted by Crippen LogP contribution is 2.11. The van der Waals surface area contributed by atoms with Crippen LogP contribution in [0.15, 0.2) is 47.4 Å². The molecule has 6 heteroatoms. The van der Waals surface area contributed by atoms with E-state index < -0.39 is 5.91 Å². The van der Waals surface area contributed by atoms with Gasteiger partial charge in [0.25, 0.3) is 5.91 Å². The molecule has 23 heavy (non-hydrogen) atoms. The topological polar surface area (TPSA) is 76.9 Å². The average molecular weight is 308 g/mol. The van der Waals surface area contributed by atoms with Crippen LogP contribution in [-0.4, -0.2) is 20.7 Å². The number of carbonyl (C=O) groups excluding carboxylic acids is 1. The van der Waals surface area contributed by atoms with Gasteiger partial charge in [0.15, 0.2) is 5.69 Å². The quantitative estimate of drug-likeness (QED) is 0.806. The van der Waals surface area contributed by atoms with E-state index in [0.29, 0.717) is 23.3 Å². The van der Waals surface area contributed by atoms with Gasteiger partial charge in [-0.2, -0.15) is 5.10 Å². The number of pyridine rings is 1. The summed E-state index contributed by atoms with van der Waals surface area (Å²) >= 11 is 0. The molecular weight excluding hydrogens is 292 g/mol. The molecule has 0 fully saturated rings. The van der Waals surface area contributed by atoms with Crippen molar-refractivity contribution < 1.29 is 4.79 Å². The Kier molecular flexibility index (Phi) is 3.89. The van der Waals surface area contributed by atoms with Crippen molar-refractivity contribution in [2.24, 2.45) is 0 Å². The van der Waals surface area contributed by atoms with Gasteiger partial charge in [-0.15, -0.1) is 0 Å². The Hall–Kier alpha value is -3.02. The van der Waals surface area contributed by atoms with Gasteiger partial charge in [-0.1, -0.05) is 12.1 Å². The number of anilines is 1. The zero-order valence-electron chi connectivity index (χ0n) is 12.9. The molecule has 3 rings (SSSR count). The van der Waals surface area contributed by atoms with Crippen LogP contribution in [0.4, 0.5) is 5.82 Å². The smallest absolute Gasteiger partial charge is 0.281 e. The van der Waals surface area contributed by atoms with Crippen LogP contribution in [0.1, 0.15) is 23.0 Å². The lowest BCUT2D eigenvalue weighted by molar-refractivity contribution is 0.101. The molecule has 0 saturated heterocycles. The van der Waals surface area contributed by atoms with Gasteiger partial charge in [-0.25, -0.2) is 4.98 Å². The number of aryl methyl sites for hydroxylation is 2. The maximum absolute atomic E-state index is 12.5. The first-order chi connectivity index (χ1) is 11.1. The van der Waals surface area contributed by atoms with Gasteiger partial charge in [0.1, 0.15) is 5.82 Å². The summed E-state index contributed by atoms with van der Waals surface area (Å²) in [5, 5.41) is 7.31. The second-order valence-electron chi connectivity index (χ2n) is 5.18. The summed E-state index contributed by atoms with van der Waals surface area (Å²) in [6.07, 6.45) is 1.60. The molecule has 0 radical (unpaired) electrons. The minimum absolute atomic E-state index is 0.131. The first-order valence-corrected chi connectivity index (χ1v) is 7.34. The van der Waals surface area contributed by atoms with Crippen LogP contribution in [0.5, 0.6) is 0 Å².